The molecule has 1 N–H and O–H groups in total. The second kappa shape index (κ2) is 7.13. The second-order valence-corrected chi connectivity index (χ2v) is 4.90. The maximum absolute atomic E-state index is 5.96. The maximum atomic E-state index is 5.96. The minimum atomic E-state index is 0.506. The molecule has 21 heavy (non-hydrogen) atoms. The Balaban J connectivity index is 2.13. The lowest BCUT2D eigenvalue weighted by Crippen LogP contribution is -2.09. The van der Waals surface area contributed by atoms with Crippen molar-refractivity contribution in [3.05, 3.63) is 41.2 Å². The van der Waals surface area contributed by atoms with Gasteiger partial charge in [-0.15, -0.1) is 0 Å². The van der Waals surface area contributed by atoms with Crippen molar-refractivity contribution in [1.29, 1.82) is 0 Å². The van der Waals surface area contributed by atoms with E-state index < -0.39 is 0 Å². The summed E-state index contributed by atoms with van der Waals surface area (Å²) < 4.78 is 13.1. The molecule has 0 unspecified atom stereocenters. The van der Waals surface area contributed by atoms with Crippen LogP contribution in [0.5, 0.6) is 11.5 Å². The second-order valence-electron chi connectivity index (χ2n) is 4.90. The van der Waals surface area contributed by atoms with E-state index in [-0.39, 0.29) is 0 Å². The number of aryl methyl sites for hydroxylation is 2. The Morgan fingerprint density at radius 3 is 2.71 bits per heavy atom. The maximum Gasteiger partial charge on any atom is 0.130 e. The Bertz CT molecular complexity index is 593. The van der Waals surface area contributed by atoms with Gasteiger partial charge in [-0.05, 0) is 37.7 Å². The van der Waals surface area contributed by atoms with E-state index in [4.69, 9.17) is 9.47 Å². The summed E-state index contributed by atoms with van der Waals surface area (Å²) in [6.07, 6.45) is 0.932. The van der Waals surface area contributed by atoms with Crippen LogP contribution in [0.15, 0.2) is 24.3 Å². The molecule has 0 aliphatic carbocycles. The first-order valence-corrected chi connectivity index (χ1v) is 7.14. The highest BCUT2D eigenvalue weighted by Gasteiger charge is 2.08. The Labute approximate surface area is 125 Å². The number of hydrogen-bond acceptors (Lipinski definition) is 4. The summed E-state index contributed by atoms with van der Waals surface area (Å²) in [5.41, 5.74) is 3.23. The van der Waals surface area contributed by atoms with Crippen LogP contribution >= 0.6 is 0 Å². The minimum absolute atomic E-state index is 0.506. The standard InChI is InChI=1S/C16H23N3O2/c1-5-13-9-14(19(3)18-13)11-21-16-7-6-15(20-4)8-12(16)10-17-2/h6-9,17H,5,10-11H2,1-4H3. The van der Waals surface area contributed by atoms with Crippen molar-refractivity contribution in [2.45, 2.75) is 26.5 Å². The van der Waals surface area contributed by atoms with Crippen molar-refractivity contribution < 1.29 is 9.47 Å². The molecule has 1 aromatic heterocycles. The van der Waals surface area contributed by atoms with E-state index in [2.05, 4.69) is 23.4 Å². The van der Waals surface area contributed by atoms with Crippen LogP contribution in [-0.2, 0) is 26.6 Å². The third kappa shape index (κ3) is 3.76. The highest BCUT2D eigenvalue weighted by molar-refractivity contribution is 5.40. The van der Waals surface area contributed by atoms with Crippen molar-refractivity contribution in [1.82, 2.24) is 15.1 Å². The number of methoxy groups -OCH3 is 1. The smallest absolute Gasteiger partial charge is 0.130 e. The first-order valence-electron chi connectivity index (χ1n) is 7.14. The van der Waals surface area contributed by atoms with Gasteiger partial charge < -0.3 is 14.8 Å². The number of nitrogens with one attached hydrogen (secondary N) is 1. The fourth-order valence-corrected chi connectivity index (χ4v) is 2.18. The predicted molar refractivity (Wildman–Crippen MR) is 82.7 cm³/mol. The molecule has 0 atom stereocenters. The molecule has 0 saturated heterocycles. The molecule has 0 aliphatic heterocycles. The van der Waals surface area contributed by atoms with Crippen molar-refractivity contribution in [3.8, 4) is 11.5 Å². The van der Waals surface area contributed by atoms with Crippen LogP contribution in [0.4, 0.5) is 0 Å². The average Bonchev–Trinajstić information content (AvgIpc) is 2.86. The summed E-state index contributed by atoms with van der Waals surface area (Å²) in [4.78, 5) is 0. The normalized spacial score (nSPS) is 10.7. The zero-order valence-corrected chi connectivity index (χ0v) is 13.1. The van der Waals surface area contributed by atoms with Gasteiger partial charge in [0.1, 0.15) is 18.1 Å². The highest BCUT2D eigenvalue weighted by Crippen LogP contribution is 2.25. The van der Waals surface area contributed by atoms with Gasteiger partial charge in [-0.3, -0.25) is 4.68 Å². The first kappa shape index (κ1) is 15.4. The van der Waals surface area contributed by atoms with Crippen molar-refractivity contribution >= 4 is 0 Å². The molecule has 0 radical (unpaired) electrons. The summed E-state index contributed by atoms with van der Waals surface area (Å²) in [6.45, 7) is 3.34. The van der Waals surface area contributed by atoms with E-state index in [1.54, 1.807) is 7.11 Å². The quantitative estimate of drug-likeness (QED) is 0.849. The minimum Gasteiger partial charge on any atom is -0.497 e. The number of aromatic nitrogens is 2. The highest BCUT2D eigenvalue weighted by atomic mass is 16.5. The lowest BCUT2D eigenvalue weighted by molar-refractivity contribution is 0.290. The van der Waals surface area contributed by atoms with Crippen LogP contribution in [0.25, 0.3) is 0 Å². The number of ether oxygens (including phenoxy) is 2. The lowest BCUT2D eigenvalue weighted by Gasteiger charge is -2.13. The molecule has 0 amide bonds. The van der Waals surface area contributed by atoms with Crippen LogP contribution < -0.4 is 14.8 Å². The van der Waals surface area contributed by atoms with Gasteiger partial charge in [0.05, 0.1) is 18.5 Å². The van der Waals surface area contributed by atoms with Crippen LogP contribution in [-0.4, -0.2) is 23.9 Å². The van der Waals surface area contributed by atoms with Gasteiger partial charge in [0.15, 0.2) is 0 Å². The molecule has 0 fully saturated rings. The molecule has 1 aromatic carbocycles. The number of nitrogens with zero attached hydrogens (tertiary/aromatic N) is 2. The van der Waals surface area contributed by atoms with Gasteiger partial charge in [0.25, 0.3) is 0 Å². The molecular weight excluding hydrogens is 266 g/mol. The van der Waals surface area contributed by atoms with Gasteiger partial charge in [-0.25, -0.2) is 0 Å². The fourth-order valence-electron chi connectivity index (χ4n) is 2.18. The Morgan fingerprint density at radius 2 is 2.10 bits per heavy atom. The van der Waals surface area contributed by atoms with E-state index in [1.807, 2.05) is 37.0 Å². The Morgan fingerprint density at radius 1 is 1.29 bits per heavy atom. The summed E-state index contributed by atoms with van der Waals surface area (Å²) in [6, 6.07) is 7.94. The van der Waals surface area contributed by atoms with Crippen LogP contribution in [0.3, 0.4) is 0 Å². The topological polar surface area (TPSA) is 48.3 Å². The number of rotatable bonds is 7. The average molecular weight is 289 g/mol. The monoisotopic (exact) mass is 289 g/mol. The summed E-state index contributed by atoms with van der Waals surface area (Å²) >= 11 is 0. The van der Waals surface area contributed by atoms with Crippen molar-refractivity contribution in [2.24, 2.45) is 7.05 Å². The first-order chi connectivity index (χ1) is 10.2. The van der Waals surface area contributed by atoms with E-state index >= 15 is 0 Å². The van der Waals surface area contributed by atoms with Crippen LogP contribution in [0, 0.1) is 0 Å². The zero-order chi connectivity index (χ0) is 15.2. The lowest BCUT2D eigenvalue weighted by atomic mass is 10.2. The Hall–Kier alpha value is -2.01. The summed E-state index contributed by atoms with van der Waals surface area (Å²) in [7, 11) is 5.53. The molecule has 0 saturated carbocycles. The molecule has 1 heterocycles. The van der Waals surface area contributed by atoms with Gasteiger partial charge in [0, 0.05) is 19.2 Å². The molecule has 0 aliphatic rings. The molecule has 2 rings (SSSR count). The van der Waals surface area contributed by atoms with Crippen LogP contribution in [0.2, 0.25) is 0 Å². The fraction of sp³-hybridized carbons (Fsp3) is 0.438. The molecule has 114 valence electrons. The summed E-state index contributed by atoms with van der Waals surface area (Å²) in [5, 5.41) is 7.58. The summed E-state index contributed by atoms with van der Waals surface area (Å²) in [5.74, 6) is 1.70. The molecule has 2 aromatic rings. The van der Waals surface area contributed by atoms with E-state index in [1.165, 1.54) is 0 Å². The van der Waals surface area contributed by atoms with E-state index in [0.29, 0.717) is 6.61 Å². The van der Waals surface area contributed by atoms with Gasteiger partial charge in [-0.1, -0.05) is 6.92 Å². The zero-order valence-electron chi connectivity index (χ0n) is 13.1. The van der Waals surface area contributed by atoms with Crippen LogP contribution in [0.1, 0.15) is 23.9 Å². The number of benzene rings is 1. The largest absolute Gasteiger partial charge is 0.497 e. The van der Waals surface area contributed by atoms with Crippen molar-refractivity contribution in [3.63, 3.8) is 0 Å². The third-order valence-corrected chi connectivity index (χ3v) is 3.40. The predicted octanol–water partition coefficient (Wildman–Crippen LogP) is 2.29. The Kier molecular flexibility index (Phi) is 5.22. The van der Waals surface area contributed by atoms with Crippen molar-refractivity contribution in [2.75, 3.05) is 14.2 Å². The van der Waals surface area contributed by atoms with E-state index in [0.717, 1.165) is 41.4 Å². The SMILES string of the molecule is CCc1cc(COc2ccc(OC)cc2CNC)n(C)n1. The molecular formula is C16H23N3O2. The molecule has 5 nitrogen and oxygen atoms in total. The van der Waals surface area contributed by atoms with Gasteiger partial charge in [-0.2, -0.15) is 5.10 Å². The number of hydrogen-bond donors (Lipinski definition) is 1. The molecule has 0 spiro atoms. The third-order valence-electron chi connectivity index (χ3n) is 3.40. The van der Waals surface area contributed by atoms with Gasteiger partial charge >= 0.3 is 0 Å². The van der Waals surface area contributed by atoms with E-state index in [9.17, 15) is 0 Å². The molecule has 0 bridgehead atoms. The van der Waals surface area contributed by atoms with Gasteiger partial charge in [0.2, 0.25) is 0 Å². The molecule has 5 heteroatoms.